The van der Waals surface area contributed by atoms with Crippen LogP contribution in [0.25, 0.3) is 0 Å². The fraction of sp³-hybridized carbons (Fsp3) is 0.462. The molecule has 1 amide bonds. The molecule has 0 fully saturated rings. The Balaban J connectivity index is 0.000000531. The van der Waals surface area contributed by atoms with Crippen molar-refractivity contribution in [2.45, 2.75) is 33.1 Å². The average molecular weight is 205 g/mol. The summed E-state index contributed by atoms with van der Waals surface area (Å²) in [7, 11) is 1.84. The number of rotatable bonds is 0. The first-order valence-corrected chi connectivity index (χ1v) is 5.55. The summed E-state index contributed by atoms with van der Waals surface area (Å²) in [6.07, 6.45) is 0.632. The summed E-state index contributed by atoms with van der Waals surface area (Å²) in [6, 6.07) is 8.10. The molecule has 0 radical (unpaired) electrons. The average Bonchev–Trinajstić information content (AvgIpc) is 2.29. The van der Waals surface area contributed by atoms with Crippen molar-refractivity contribution in [1.29, 1.82) is 0 Å². The molecule has 0 N–H and O–H groups in total. The smallest absolute Gasteiger partial charge is 0.227 e. The van der Waals surface area contributed by atoms with E-state index >= 15 is 0 Å². The Morgan fingerprint density at radius 3 is 2.53 bits per heavy atom. The molecule has 1 aromatic carbocycles. The molecular weight excluding hydrogens is 186 g/mol. The lowest BCUT2D eigenvalue weighted by atomic mass is 9.91. The summed E-state index contributed by atoms with van der Waals surface area (Å²) < 4.78 is 0. The SMILES string of the molecule is CC.CC1CC(=O)N(C)c2ccccc21. The number of para-hydroxylation sites is 1. The Kier molecular flexibility index (Phi) is 3.89. The molecule has 0 saturated carbocycles. The summed E-state index contributed by atoms with van der Waals surface area (Å²) in [5, 5.41) is 0. The van der Waals surface area contributed by atoms with E-state index in [-0.39, 0.29) is 5.91 Å². The second-order valence-corrected chi connectivity index (χ2v) is 3.62. The number of carbonyl (C=O) groups is 1. The third kappa shape index (κ3) is 2.20. The second kappa shape index (κ2) is 4.96. The predicted molar refractivity (Wildman–Crippen MR) is 64.2 cm³/mol. The van der Waals surface area contributed by atoms with E-state index in [1.165, 1.54) is 5.56 Å². The van der Waals surface area contributed by atoms with Crippen LogP contribution in [-0.2, 0) is 4.79 Å². The number of hydrogen-bond donors (Lipinski definition) is 0. The molecule has 15 heavy (non-hydrogen) atoms. The van der Waals surface area contributed by atoms with Gasteiger partial charge in [0.15, 0.2) is 0 Å². The van der Waals surface area contributed by atoms with E-state index in [1.807, 2.05) is 39.1 Å². The van der Waals surface area contributed by atoms with Gasteiger partial charge in [0.2, 0.25) is 5.91 Å². The van der Waals surface area contributed by atoms with E-state index in [0.29, 0.717) is 12.3 Å². The third-order valence-electron chi connectivity index (χ3n) is 2.68. The van der Waals surface area contributed by atoms with Gasteiger partial charge in [0.05, 0.1) is 0 Å². The van der Waals surface area contributed by atoms with Gasteiger partial charge in [-0.3, -0.25) is 4.79 Å². The van der Waals surface area contributed by atoms with Crippen molar-refractivity contribution in [2.75, 3.05) is 11.9 Å². The fourth-order valence-electron chi connectivity index (χ4n) is 1.85. The first kappa shape index (κ1) is 11.8. The highest BCUT2D eigenvalue weighted by atomic mass is 16.2. The first-order chi connectivity index (χ1) is 7.20. The van der Waals surface area contributed by atoms with Gasteiger partial charge in [0.1, 0.15) is 0 Å². The van der Waals surface area contributed by atoms with Crippen LogP contribution in [0.1, 0.15) is 38.7 Å². The Labute approximate surface area is 91.9 Å². The van der Waals surface area contributed by atoms with Crippen LogP contribution in [0.5, 0.6) is 0 Å². The van der Waals surface area contributed by atoms with Gasteiger partial charge in [0, 0.05) is 19.2 Å². The van der Waals surface area contributed by atoms with Crippen molar-refractivity contribution in [1.82, 2.24) is 0 Å². The first-order valence-electron chi connectivity index (χ1n) is 5.55. The minimum absolute atomic E-state index is 0.214. The van der Waals surface area contributed by atoms with Crippen LogP contribution in [0.2, 0.25) is 0 Å². The van der Waals surface area contributed by atoms with Gasteiger partial charge in [-0.2, -0.15) is 0 Å². The van der Waals surface area contributed by atoms with Crippen molar-refractivity contribution in [2.24, 2.45) is 0 Å². The van der Waals surface area contributed by atoms with Gasteiger partial charge >= 0.3 is 0 Å². The van der Waals surface area contributed by atoms with Gasteiger partial charge in [-0.25, -0.2) is 0 Å². The fourth-order valence-corrected chi connectivity index (χ4v) is 1.85. The molecule has 1 atom stereocenters. The molecule has 82 valence electrons. The summed E-state index contributed by atoms with van der Waals surface area (Å²) in [5.41, 5.74) is 2.34. The van der Waals surface area contributed by atoms with Crippen molar-refractivity contribution < 1.29 is 4.79 Å². The van der Waals surface area contributed by atoms with Crippen LogP contribution >= 0.6 is 0 Å². The summed E-state index contributed by atoms with van der Waals surface area (Å²) in [6.45, 7) is 6.10. The van der Waals surface area contributed by atoms with E-state index in [1.54, 1.807) is 4.90 Å². The highest BCUT2D eigenvalue weighted by molar-refractivity contribution is 5.96. The third-order valence-corrected chi connectivity index (χ3v) is 2.68. The molecule has 1 unspecified atom stereocenters. The monoisotopic (exact) mass is 205 g/mol. The normalized spacial score (nSPS) is 19.1. The number of carbonyl (C=O) groups excluding carboxylic acids is 1. The maximum atomic E-state index is 11.5. The highest BCUT2D eigenvalue weighted by Crippen LogP contribution is 2.34. The van der Waals surface area contributed by atoms with Crippen molar-refractivity contribution in [3.05, 3.63) is 29.8 Å². The highest BCUT2D eigenvalue weighted by Gasteiger charge is 2.25. The minimum Gasteiger partial charge on any atom is -0.315 e. The summed E-state index contributed by atoms with van der Waals surface area (Å²) in [5.74, 6) is 0.575. The zero-order valence-electron chi connectivity index (χ0n) is 9.95. The standard InChI is InChI=1S/C11H13NO.C2H6/c1-8-7-11(13)12(2)10-6-4-3-5-9(8)10;1-2/h3-6,8H,7H2,1-2H3;1-2H3. The van der Waals surface area contributed by atoms with E-state index in [2.05, 4.69) is 13.0 Å². The minimum atomic E-state index is 0.214. The molecule has 2 nitrogen and oxygen atoms in total. The molecule has 0 spiro atoms. The number of fused-ring (bicyclic) bond motifs is 1. The number of benzene rings is 1. The van der Waals surface area contributed by atoms with Crippen LogP contribution < -0.4 is 4.90 Å². The molecule has 1 aliphatic heterocycles. The van der Waals surface area contributed by atoms with Crippen LogP contribution in [0.3, 0.4) is 0 Å². The Bertz CT molecular complexity index is 346. The van der Waals surface area contributed by atoms with Gasteiger partial charge in [0.25, 0.3) is 0 Å². The van der Waals surface area contributed by atoms with Gasteiger partial charge in [-0.05, 0) is 17.5 Å². The van der Waals surface area contributed by atoms with E-state index in [0.717, 1.165) is 5.69 Å². The van der Waals surface area contributed by atoms with Crippen LogP contribution in [-0.4, -0.2) is 13.0 Å². The van der Waals surface area contributed by atoms with Crippen LogP contribution in [0.4, 0.5) is 5.69 Å². The molecular formula is C13H19NO. The van der Waals surface area contributed by atoms with Gasteiger partial charge in [-0.15, -0.1) is 0 Å². The Hall–Kier alpha value is -1.31. The lowest BCUT2D eigenvalue weighted by molar-refractivity contribution is -0.119. The van der Waals surface area contributed by atoms with Crippen LogP contribution in [0, 0.1) is 0 Å². The molecule has 0 aromatic heterocycles. The topological polar surface area (TPSA) is 20.3 Å². The van der Waals surface area contributed by atoms with Crippen molar-refractivity contribution in [3.63, 3.8) is 0 Å². The lowest BCUT2D eigenvalue weighted by Gasteiger charge is -2.29. The zero-order valence-corrected chi connectivity index (χ0v) is 9.95. The summed E-state index contributed by atoms with van der Waals surface area (Å²) >= 11 is 0. The molecule has 0 aliphatic carbocycles. The molecule has 2 rings (SSSR count). The zero-order chi connectivity index (χ0) is 11.4. The maximum Gasteiger partial charge on any atom is 0.227 e. The number of hydrogen-bond acceptors (Lipinski definition) is 1. The van der Waals surface area contributed by atoms with Crippen molar-refractivity contribution in [3.8, 4) is 0 Å². The van der Waals surface area contributed by atoms with Gasteiger partial charge < -0.3 is 4.90 Å². The van der Waals surface area contributed by atoms with Gasteiger partial charge in [-0.1, -0.05) is 39.0 Å². The van der Waals surface area contributed by atoms with Crippen LogP contribution in [0.15, 0.2) is 24.3 Å². The van der Waals surface area contributed by atoms with Crippen molar-refractivity contribution >= 4 is 11.6 Å². The largest absolute Gasteiger partial charge is 0.315 e. The second-order valence-electron chi connectivity index (χ2n) is 3.62. The van der Waals surface area contributed by atoms with E-state index in [9.17, 15) is 4.79 Å². The molecule has 2 heteroatoms. The lowest BCUT2D eigenvalue weighted by Crippen LogP contribution is -2.32. The molecule has 0 saturated heterocycles. The quantitative estimate of drug-likeness (QED) is 0.637. The molecule has 1 heterocycles. The number of nitrogens with zero attached hydrogens (tertiary/aromatic N) is 1. The Morgan fingerprint density at radius 1 is 1.27 bits per heavy atom. The number of anilines is 1. The predicted octanol–water partition coefficient (Wildman–Crippen LogP) is 3.18. The van der Waals surface area contributed by atoms with E-state index < -0.39 is 0 Å². The maximum absolute atomic E-state index is 11.5. The molecule has 1 aliphatic rings. The summed E-state index contributed by atoms with van der Waals surface area (Å²) in [4.78, 5) is 13.2. The number of amides is 1. The molecule has 0 bridgehead atoms. The molecule has 1 aromatic rings. The van der Waals surface area contributed by atoms with E-state index in [4.69, 9.17) is 0 Å². The Morgan fingerprint density at radius 2 is 1.87 bits per heavy atom.